The van der Waals surface area contributed by atoms with Gasteiger partial charge in [-0.3, -0.25) is 9.59 Å². The topological polar surface area (TPSA) is 78.2 Å². The van der Waals surface area contributed by atoms with Gasteiger partial charge in [-0.2, -0.15) is 0 Å². The lowest BCUT2D eigenvalue weighted by Gasteiger charge is -2.15. The molecule has 2 aromatic carbocycles. The fourth-order valence-corrected chi connectivity index (χ4v) is 3.91. The number of para-hydroxylation sites is 1. The van der Waals surface area contributed by atoms with E-state index in [1.165, 1.54) is 0 Å². The van der Waals surface area contributed by atoms with E-state index in [0.29, 0.717) is 25.1 Å². The Labute approximate surface area is 167 Å². The van der Waals surface area contributed by atoms with Gasteiger partial charge >= 0.3 is 0 Å². The van der Waals surface area contributed by atoms with Crippen LogP contribution in [0.15, 0.2) is 59.4 Å². The molecule has 2 N–H and O–H groups in total. The van der Waals surface area contributed by atoms with E-state index in [1.807, 2.05) is 59.5 Å². The maximum Gasteiger partial charge on any atom is 0.257 e. The van der Waals surface area contributed by atoms with Gasteiger partial charge in [0.2, 0.25) is 5.91 Å². The van der Waals surface area contributed by atoms with Crippen LogP contribution in [0, 0.1) is 0 Å². The zero-order valence-electron chi connectivity index (χ0n) is 15.9. The Morgan fingerprint density at radius 2 is 1.79 bits per heavy atom. The number of carbonyl (C=O) groups excluding carboxylic acids is 1. The molecule has 0 spiro atoms. The van der Waals surface area contributed by atoms with Crippen molar-refractivity contribution in [2.75, 3.05) is 19.7 Å². The number of benzene rings is 2. The zero-order chi connectivity index (χ0) is 19.8. The number of aromatic amines is 2. The average Bonchev–Trinajstić information content (AvgIpc) is 3.33. The van der Waals surface area contributed by atoms with E-state index in [4.69, 9.17) is 4.74 Å². The highest BCUT2D eigenvalue weighted by atomic mass is 16.5. The summed E-state index contributed by atoms with van der Waals surface area (Å²) in [6.45, 7) is 1.91. The van der Waals surface area contributed by atoms with Crippen LogP contribution in [-0.4, -0.2) is 40.5 Å². The summed E-state index contributed by atoms with van der Waals surface area (Å²) in [7, 11) is 0. The van der Waals surface area contributed by atoms with Gasteiger partial charge in [0, 0.05) is 29.4 Å². The molecule has 6 nitrogen and oxygen atoms in total. The SMILES string of the molecule is O=C1CCCN1CCOc1ccc2[nH]c(-c3cc4ccccc4[nH]c3=O)cc2c1. The minimum Gasteiger partial charge on any atom is -0.492 e. The molecule has 0 aliphatic carbocycles. The Balaban J connectivity index is 1.39. The molecule has 146 valence electrons. The molecule has 0 radical (unpaired) electrons. The summed E-state index contributed by atoms with van der Waals surface area (Å²) >= 11 is 0. The number of nitrogens with one attached hydrogen (secondary N) is 2. The molecule has 29 heavy (non-hydrogen) atoms. The Bertz CT molecular complexity index is 1270. The third-order valence-electron chi connectivity index (χ3n) is 5.44. The normalized spacial score (nSPS) is 14.2. The molecule has 1 fully saturated rings. The molecule has 0 unspecified atom stereocenters. The maximum absolute atomic E-state index is 12.5. The van der Waals surface area contributed by atoms with Crippen LogP contribution in [0.5, 0.6) is 5.75 Å². The van der Waals surface area contributed by atoms with Crippen LogP contribution in [0.1, 0.15) is 12.8 Å². The highest BCUT2D eigenvalue weighted by Crippen LogP contribution is 2.27. The zero-order valence-corrected chi connectivity index (χ0v) is 15.9. The van der Waals surface area contributed by atoms with E-state index in [-0.39, 0.29) is 11.5 Å². The van der Waals surface area contributed by atoms with E-state index >= 15 is 0 Å². The second-order valence-electron chi connectivity index (χ2n) is 7.36. The van der Waals surface area contributed by atoms with Gasteiger partial charge in [-0.05, 0) is 48.2 Å². The predicted octanol–water partition coefficient (Wildman–Crippen LogP) is 3.68. The van der Waals surface area contributed by atoms with E-state index < -0.39 is 0 Å². The number of fused-ring (bicyclic) bond motifs is 2. The van der Waals surface area contributed by atoms with Crippen LogP contribution in [0.2, 0.25) is 0 Å². The van der Waals surface area contributed by atoms with E-state index in [1.54, 1.807) is 0 Å². The van der Waals surface area contributed by atoms with Crippen molar-refractivity contribution < 1.29 is 9.53 Å². The summed E-state index contributed by atoms with van der Waals surface area (Å²) < 4.78 is 5.85. The lowest BCUT2D eigenvalue weighted by atomic mass is 10.1. The highest BCUT2D eigenvalue weighted by molar-refractivity contribution is 5.89. The molecule has 6 heteroatoms. The molecule has 0 saturated carbocycles. The first-order valence-electron chi connectivity index (χ1n) is 9.83. The lowest BCUT2D eigenvalue weighted by molar-refractivity contribution is -0.128. The fourth-order valence-electron chi connectivity index (χ4n) is 3.91. The largest absolute Gasteiger partial charge is 0.492 e. The molecule has 0 atom stereocenters. The molecule has 4 aromatic rings. The quantitative estimate of drug-likeness (QED) is 0.548. The molecule has 3 heterocycles. The van der Waals surface area contributed by atoms with E-state index in [2.05, 4.69) is 9.97 Å². The van der Waals surface area contributed by atoms with Crippen molar-refractivity contribution >= 4 is 27.7 Å². The summed E-state index contributed by atoms with van der Waals surface area (Å²) in [5, 5.41) is 1.96. The first-order valence-corrected chi connectivity index (χ1v) is 9.83. The molecular formula is C23H21N3O3. The van der Waals surface area contributed by atoms with Gasteiger partial charge in [-0.25, -0.2) is 0 Å². The Morgan fingerprint density at radius 1 is 0.931 bits per heavy atom. The van der Waals surface area contributed by atoms with Gasteiger partial charge in [0.1, 0.15) is 12.4 Å². The number of aromatic nitrogens is 2. The first-order chi connectivity index (χ1) is 14.2. The van der Waals surface area contributed by atoms with Crippen molar-refractivity contribution in [3.05, 3.63) is 65.0 Å². The molecule has 2 aromatic heterocycles. The maximum atomic E-state index is 12.5. The Morgan fingerprint density at radius 3 is 2.66 bits per heavy atom. The standard InChI is InChI=1S/C23H21N3O3/c27-22-6-3-9-26(22)10-11-29-17-7-8-20-16(12-17)14-21(24-20)18-13-15-4-1-2-5-19(15)25-23(18)28/h1-2,4-5,7-8,12-14,24H,3,6,9-11H2,(H,25,28). The predicted molar refractivity (Wildman–Crippen MR) is 113 cm³/mol. The molecule has 1 amide bonds. The van der Waals surface area contributed by atoms with Gasteiger partial charge in [-0.15, -0.1) is 0 Å². The number of amides is 1. The number of rotatable bonds is 5. The highest BCUT2D eigenvalue weighted by Gasteiger charge is 2.19. The molecule has 1 aliphatic heterocycles. The number of carbonyl (C=O) groups is 1. The smallest absolute Gasteiger partial charge is 0.257 e. The van der Waals surface area contributed by atoms with Crippen molar-refractivity contribution in [3.8, 4) is 17.0 Å². The minimum absolute atomic E-state index is 0.123. The Kier molecular flexibility index (Phi) is 4.31. The van der Waals surface area contributed by atoms with Gasteiger partial charge in [0.25, 0.3) is 5.56 Å². The third-order valence-corrected chi connectivity index (χ3v) is 5.44. The fraction of sp³-hybridized carbons (Fsp3) is 0.217. The van der Waals surface area contributed by atoms with Crippen molar-refractivity contribution in [2.24, 2.45) is 0 Å². The molecule has 1 aliphatic rings. The van der Waals surface area contributed by atoms with Crippen LogP contribution in [0.3, 0.4) is 0 Å². The number of hydrogen-bond acceptors (Lipinski definition) is 3. The van der Waals surface area contributed by atoms with Gasteiger partial charge < -0.3 is 19.6 Å². The monoisotopic (exact) mass is 387 g/mol. The Hall–Kier alpha value is -3.54. The van der Waals surface area contributed by atoms with Crippen LogP contribution < -0.4 is 10.3 Å². The number of nitrogens with zero attached hydrogens (tertiary/aromatic N) is 1. The number of hydrogen-bond donors (Lipinski definition) is 2. The first kappa shape index (κ1) is 17.6. The summed E-state index contributed by atoms with van der Waals surface area (Å²) in [5.41, 5.74) is 3.02. The van der Waals surface area contributed by atoms with Gasteiger partial charge in [-0.1, -0.05) is 18.2 Å². The molecular weight excluding hydrogens is 366 g/mol. The van der Waals surface area contributed by atoms with Crippen LogP contribution in [0.4, 0.5) is 0 Å². The van der Waals surface area contributed by atoms with E-state index in [9.17, 15) is 9.59 Å². The second-order valence-corrected chi connectivity index (χ2v) is 7.36. The molecule has 0 bridgehead atoms. The van der Waals surface area contributed by atoms with Crippen LogP contribution in [-0.2, 0) is 4.79 Å². The average molecular weight is 387 g/mol. The van der Waals surface area contributed by atoms with E-state index in [0.717, 1.165) is 46.2 Å². The van der Waals surface area contributed by atoms with Crippen LogP contribution in [0.25, 0.3) is 33.1 Å². The summed E-state index contributed by atoms with van der Waals surface area (Å²) in [5.74, 6) is 0.960. The molecule has 5 rings (SSSR count). The lowest BCUT2D eigenvalue weighted by Crippen LogP contribution is -2.29. The summed E-state index contributed by atoms with van der Waals surface area (Å²) in [6.07, 6.45) is 1.58. The van der Waals surface area contributed by atoms with Gasteiger partial charge in [0.05, 0.1) is 17.8 Å². The van der Waals surface area contributed by atoms with Crippen molar-refractivity contribution in [3.63, 3.8) is 0 Å². The van der Waals surface area contributed by atoms with Gasteiger partial charge in [0.15, 0.2) is 0 Å². The van der Waals surface area contributed by atoms with Crippen LogP contribution >= 0.6 is 0 Å². The second kappa shape index (κ2) is 7.13. The number of ether oxygens (including phenoxy) is 1. The van der Waals surface area contributed by atoms with Crippen molar-refractivity contribution in [1.29, 1.82) is 0 Å². The third kappa shape index (κ3) is 3.38. The number of likely N-dealkylation sites (tertiary alicyclic amines) is 1. The summed E-state index contributed by atoms with van der Waals surface area (Å²) in [4.78, 5) is 32.3. The molecule has 1 saturated heterocycles. The number of pyridine rings is 1. The summed E-state index contributed by atoms with van der Waals surface area (Å²) in [6, 6.07) is 17.4. The minimum atomic E-state index is -0.123. The van der Waals surface area contributed by atoms with Crippen molar-refractivity contribution in [2.45, 2.75) is 12.8 Å². The number of H-pyrrole nitrogens is 2. The van der Waals surface area contributed by atoms with Crippen molar-refractivity contribution in [1.82, 2.24) is 14.9 Å².